The van der Waals surface area contributed by atoms with Gasteiger partial charge in [-0.1, -0.05) is 456 Å². The first-order valence-electron chi connectivity index (χ1n) is 39.2. The lowest BCUT2D eigenvalue weighted by Gasteiger charge is -2.05. The minimum atomic E-state index is -0.645. The molecule has 0 amide bonds. The fourth-order valence-electron chi connectivity index (χ4n) is 13.2. The van der Waals surface area contributed by atoms with Crippen molar-refractivity contribution in [1.82, 2.24) is 5.32 Å². The number of carboxylic acids is 1. The molecular formula is C78H157NO2. The molecular weight excluding hydrogens is 983 g/mol. The Labute approximate surface area is 513 Å². The van der Waals surface area contributed by atoms with E-state index in [-0.39, 0.29) is 0 Å². The van der Waals surface area contributed by atoms with Gasteiger partial charge < -0.3 is 10.4 Å². The molecule has 0 saturated heterocycles. The fraction of sp³-hybridized carbons (Fsp3) is 0.987. The van der Waals surface area contributed by atoms with E-state index in [4.69, 9.17) is 5.11 Å². The average Bonchev–Trinajstić information content (AvgIpc) is 3.47. The van der Waals surface area contributed by atoms with Crippen molar-refractivity contribution in [1.29, 1.82) is 0 Å². The Bertz CT molecular complexity index is 1080. The van der Waals surface area contributed by atoms with Gasteiger partial charge in [0.1, 0.15) is 0 Å². The zero-order chi connectivity index (χ0) is 58.0. The number of carbonyl (C=O) groups is 1. The molecule has 0 aromatic carbocycles. The van der Waals surface area contributed by atoms with Crippen LogP contribution in [0.5, 0.6) is 0 Å². The van der Waals surface area contributed by atoms with Crippen LogP contribution in [0.15, 0.2) is 0 Å². The zero-order valence-corrected chi connectivity index (χ0v) is 56.6. The third-order valence-electron chi connectivity index (χ3n) is 18.9. The maximum absolute atomic E-state index is 10.5. The highest BCUT2D eigenvalue weighted by atomic mass is 16.4. The number of nitrogens with one attached hydrogen (secondary N) is 1. The molecule has 81 heavy (non-hydrogen) atoms. The van der Waals surface area contributed by atoms with Crippen LogP contribution in [0, 0.1) is 0 Å². The van der Waals surface area contributed by atoms with E-state index < -0.39 is 5.97 Å². The van der Waals surface area contributed by atoms with Crippen LogP contribution < -0.4 is 5.32 Å². The first-order chi connectivity index (χ1) is 40.3. The van der Waals surface area contributed by atoms with Crippen molar-refractivity contribution in [2.75, 3.05) is 13.1 Å². The van der Waals surface area contributed by atoms with Crippen LogP contribution >= 0.6 is 0 Å². The van der Waals surface area contributed by atoms with Crippen molar-refractivity contribution in [3.63, 3.8) is 0 Å². The summed E-state index contributed by atoms with van der Waals surface area (Å²) in [5.74, 6) is -0.645. The molecule has 0 aliphatic rings. The number of rotatable bonds is 77. The van der Waals surface area contributed by atoms with Crippen LogP contribution in [-0.4, -0.2) is 24.2 Å². The molecule has 0 radical (unpaired) electrons. The van der Waals surface area contributed by atoms with Crippen molar-refractivity contribution in [2.24, 2.45) is 0 Å². The normalized spacial score (nSPS) is 11.7. The van der Waals surface area contributed by atoms with E-state index in [0.29, 0.717) is 6.42 Å². The third-order valence-corrected chi connectivity index (χ3v) is 18.9. The van der Waals surface area contributed by atoms with Gasteiger partial charge in [-0.2, -0.15) is 0 Å². The number of aliphatic carboxylic acids is 1. The van der Waals surface area contributed by atoms with Gasteiger partial charge in [-0.15, -0.1) is 0 Å². The van der Waals surface area contributed by atoms with Crippen molar-refractivity contribution < 1.29 is 9.90 Å². The van der Waals surface area contributed by atoms with E-state index in [9.17, 15) is 4.79 Å². The van der Waals surface area contributed by atoms with E-state index >= 15 is 0 Å². The van der Waals surface area contributed by atoms with Gasteiger partial charge in [0.15, 0.2) is 0 Å². The summed E-state index contributed by atoms with van der Waals surface area (Å²) < 4.78 is 0. The minimum Gasteiger partial charge on any atom is -0.481 e. The second-order valence-corrected chi connectivity index (χ2v) is 27.3. The molecule has 0 rings (SSSR count). The molecule has 0 atom stereocenters. The highest BCUT2D eigenvalue weighted by Crippen LogP contribution is 2.21. The van der Waals surface area contributed by atoms with Gasteiger partial charge in [0.25, 0.3) is 0 Å². The van der Waals surface area contributed by atoms with Crippen LogP contribution in [-0.2, 0) is 4.79 Å². The monoisotopic (exact) mass is 1140 g/mol. The topological polar surface area (TPSA) is 49.3 Å². The Balaban J connectivity index is 3.08. The first kappa shape index (κ1) is 80.4. The summed E-state index contributed by atoms with van der Waals surface area (Å²) in [6.07, 6.45) is 106. The lowest BCUT2D eigenvalue weighted by Crippen LogP contribution is -2.15. The Kier molecular flexibility index (Phi) is 76.9. The predicted molar refractivity (Wildman–Crippen MR) is 368 cm³/mol. The maximum atomic E-state index is 10.5. The van der Waals surface area contributed by atoms with E-state index in [0.717, 1.165) is 12.8 Å². The Morgan fingerprint density at radius 3 is 0.407 bits per heavy atom. The largest absolute Gasteiger partial charge is 0.481 e. The van der Waals surface area contributed by atoms with Crippen LogP contribution in [0.1, 0.15) is 482 Å². The Morgan fingerprint density at radius 2 is 0.296 bits per heavy atom. The summed E-state index contributed by atoms with van der Waals surface area (Å²) >= 11 is 0. The third kappa shape index (κ3) is 79.4. The van der Waals surface area contributed by atoms with E-state index in [2.05, 4.69) is 12.2 Å². The summed E-state index contributed by atoms with van der Waals surface area (Å²) in [7, 11) is 0. The molecule has 3 heteroatoms. The fourth-order valence-corrected chi connectivity index (χ4v) is 13.2. The Morgan fingerprint density at radius 1 is 0.185 bits per heavy atom. The minimum absolute atomic E-state index is 0.347. The molecule has 0 aromatic heterocycles. The molecule has 3 nitrogen and oxygen atoms in total. The van der Waals surface area contributed by atoms with Crippen LogP contribution in [0.25, 0.3) is 0 Å². The summed E-state index contributed by atoms with van der Waals surface area (Å²) in [6.45, 7) is 4.67. The molecule has 0 aliphatic carbocycles. The molecule has 2 N–H and O–H groups in total. The highest BCUT2D eigenvalue weighted by molar-refractivity contribution is 5.66. The molecule has 0 aliphatic heterocycles. The molecule has 0 spiro atoms. The molecule has 0 aromatic rings. The van der Waals surface area contributed by atoms with Gasteiger partial charge in [-0.25, -0.2) is 0 Å². The van der Waals surface area contributed by atoms with E-state index in [1.165, 1.54) is 469 Å². The van der Waals surface area contributed by atoms with E-state index in [1.54, 1.807) is 0 Å². The van der Waals surface area contributed by atoms with Gasteiger partial charge in [0.05, 0.1) is 0 Å². The Hall–Kier alpha value is -0.570. The number of carboxylic acid groups (broad SMARTS) is 1. The summed E-state index contributed by atoms with van der Waals surface area (Å²) in [6, 6.07) is 0. The smallest absolute Gasteiger partial charge is 0.303 e. The van der Waals surface area contributed by atoms with Crippen molar-refractivity contribution in [3.05, 3.63) is 0 Å². The molecule has 0 unspecified atom stereocenters. The quantitative estimate of drug-likeness (QED) is 0.0597. The zero-order valence-electron chi connectivity index (χ0n) is 56.6. The lowest BCUT2D eigenvalue weighted by molar-refractivity contribution is -0.137. The van der Waals surface area contributed by atoms with Crippen LogP contribution in [0.3, 0.4) is 0 Å². The average molecular weight is 1140 g/mol. The van der Waals surface area contributed by atoms with Gasteiger partial charge in [-0.05, 0) is 32.4 Å². The first-order valence-corrected chi connectivity index (χ1v) is 39.2. The summed E-state index contributed by atoms with van der Waals surface area (Å²) in [5.41, 5.74) is 0. The van der Waals surface area contributed by atoms with Crippen molar-refractivity contribution >= 4 is 5.97 Å². The molecule has 0 bridgehead atoms. The lowest BCUT2D eigenvalue weighted by atomic mass is 10.0. The highest BCUT2D eigenvalue weighted by Gasteiger charge is 2.02. The molecule has 486 valence electrons. The van der Waals surface area contributed by atoms with E-state index in [1.807, 2.05) is 0 Å². The summed E-state index contributed by atoms with van der Waals surface area (Å²) in [5, 5.41) is 12.2. The molecule has 0 heterocycles. The van der Waals surface area contributed by atoms with Crippen LogP contribution in [0.4, 0.5) is 0 Å². The number of hydrogen-bond donors (Lipinski definition) is 2. The molecule has 0 saturated carbocycles. The van der Waals surface area contributed by atoms with Gasteiger partial charge in [-0.3, -0.25) is 4.79 Å². The predicted octanol–water partition coefficient (Wildman–Crippen LogP) is 28.5. The number of hydrogen-bond acceptors (Lipinski definition) is 2. The summed E-state index contributed by atoms with van der Waals surface area (Å²) in [4.78, 5) is 10.5. The second-order valence-electron chi connectivity index (χ2n) is 27.3. The van der Waals surface area contributed by atoms with Crippen molar-refractivity contribution in [3.8, 4) is 0 Å². The molecule has 0 fully saturated rings. The SMILES string of the molecule is CCCNCCCCCCCCCCCCCCCCCCCCCCCCCCCCCCCCCCCCCCCCCCCCCCCCCCCCCCCCCCCCCCCCCCCCCCCCCCC(=O)O. The van der Waals surface area contributed by atoms with Gasteiger partial charge in [0, 0.05) is 6.42 Å². The number of unbranched alkanes of at least 4 members (excludes halogenated alkanes) is 71. The second kappa shape index (κ2) is 77.4. The van der Waals surface area contributed by atoms with Gasteiger partial charge in [0.2, 0.25) is 0 Å². The van der Waals surface area contributed by atoms with Crippen molar-refractivity contribution in [2.45, 2.75) is 482 Å². The maximum Gasteiger partial charge on any atom is 0.303 e. The van der Waals surface area contributed by atoms with Crippen LogP contribution in [0.2, 0.25) is 0 Å². The standard InChI is InChI=1S/C78H157NO2/c1-2-76-79-77-74-72-70-68-66-64-62-60-58-56-54-52-50-48-46-44-42-40-38-36-34-32-30-28-26-24-22-20-18-16-14-12-10-8-6-4-3-5-7-9-11-13-15-17-19-21-23-25-27-29-31-33-35-37-39-41-43-45-47-49-51-53-55-57-59-61-63-65-67-69-71-73-75-78(80)81/h79H,2-77H2,1H3,(H,80,81). The van der Waals surface area contributed by atoms with Gasteiger partial charge >= 0.3 is 5.97 Å².